The minimum Gasteiger partial charge on any atom is -0.362 e. The van der Waals surface area contributed by atoms with Gasteiger partial charge in [-0.2, -0.15) is 0 Å². The zero-order valence-electron chi connectivity index (χ0n) is 14.5. The number of nitrogens with zero attached hydrogens (tertiary/aromatic N) is 2. The maximum atomic E-state index is 13.2. The molecule has 4 rings (SSSR count). The average Bonchev–Trinajstić information content (AvgIpc) is 2.94. The highest BCUT2D eigenvalue weighted by Crippen LogP contribution is 2.45. The summed E-state index contributed by atoms with van der Waals surface area (Å²) in [6.07, 6.45) is 1.57. The van der Waals surface area contributed by atoms with E-state index in [4.69, 9.17) is 1.37 Å². The number of pyridine rings is 1. The van der Waals surface area contributed by atoms with Crippen molar-refractivity contribution in [2.24, 2.45) is 0 Å². The predicted molar refractivity (Wildman–Crippen MR) is 94.7 cm³/mol. The lowest BCUT2D eigenvalue weighted by Crippen LogP contribution is -2.46. The largest absolute Gasteiger partial charge is 0.362 e. The van der Waals surface area contributed by atoms with Crippen molar-refractivity contribution < 1.29 is 11.3 Å². The van der Waals surface area contributed by atoms with Gasteiger partial charge in [0.15, 0.2) is 0 Å². The molecule has 2 aromatic carbocycles. The fourth-order valence-electron chi connectivity index (χ4n) is 3.38. The summed E-state index contributed by atoms with van der Waals surface area (Å²) >= 11 is 0. The van der Waals surface area contributed by atoms with Crippen molar-refractivity contribution in [1.82, 2.24) is 9.88 Å². The fraction of sp³-hybridized carbons (Fsp3) is 0.143. The third-order valence-electron chi connectivity index (χ3n) is 4.61. The van der Waals surface area contributed by atoms with E-state index in [0.717, 1.165) is 5.56 Å². The molecule has 1 aromatic heterocycles. The van der Waals surface area contributed by atoms with Gasteiger partial charge in [0, 0.05) is 13.1 Å². The molecule has 4 nitrogen and oxygen atoms in total. The lowest BCUT2D eigenvalue weighted by Gasteiger charge is -2.38. The van der Waals surface area contributed by atoms with Crippen LogP contribution >= 0.6 is 0 Å². The average molecular weight is 331 g/mol. The summed E-state index contributed by atoms with van der Waals surface area (Å²) in [4.78, 5) is 18.9. The van der Waals surface area contributed by atoms with E-state index in [1.165, 1.54) is 4.90 Å². The Hall–Kier alpha value is -2.98. The van der Waals surface area contributed by atoms with Gasteiger partial charge in [-0.1, -0.05) is 60.7 Å². The maximum Gasteiger partial charge on any atom is 0.259 e. The Morgan fingerprint density at radius 2 is 1.72 bits per heavy atom. The minimum absolute atomic E-state index is 0.0706. The molecule has 0 radical (unpaired) electrons. The Morgan fingerprint density at radius 3 is 2.40 bits per heavy atom. The SMILES string of the molecule is [2H]CC(c1ccccc1)N1C(=O)c2cccnc2C1(O)c1ccccc1. The van der Waals surface area contributed by atoms with Crippen molar-refractivity contribution >= 4 is 5.91 Å². The zero-order chi connectivity index (χ0) is 18.1. The first-order valence-electron chi connectivity index (χ1n) is 8.80. The molecule has 2 heterocycles. The Labute approximate surface area is 147 Å². The van der Waals surface area contributed by atoms with Crippen molar-refractivity contribution in [3.05, 3.63) is 101 Å². The molecule has 2 unspecified atom stereocenters. The predicted octanol–water partition coefficient (Wildman–Crippen LogP) is 3.49. The normalized spacial score (nSPS) is 20.9. The van der Waals surface area contributed by atoms with Crippen LogP contribution in [0.15, 0.2) is 79.0 Å². The summed E-state index contributed by atoms with van der Waals surface area (Å²) in [6.45, 7) is -0.0706. The number of rotatable bonds is 3. The summed E-state index contributed by atoms with van der Waals surface area (Å²) in [5.74, 6) is -0.319. The van der Waals surface area contributed by atoms with E-state index in [0.29, 0.717) is 16.8 Å². The van der Waals surface area contributed by atoms with Gasteiger partial charge in [0.2, 0.25) is 5.72 Å². The molecule has 0 spiro atoms. The van der Waals surface area contributed by atoms with Crippen LogP contribution in [0, 0.1) is 0 Å². The van der Waals surface area contributed by atoms with Crippen LogP contribution in [0.2, 0.25) is 0 Å². The van der Waals surface area contributed by atoms with Crippen LogP contribution in [0.1, 0.15) is 41.5 Å². The molecule has 0 saturated heterocycles. The van der Waals surface area contributed by atoms with Crippen molar-refractivity contribution in [2.75, 3.05) is 0 Å². The second-order valence-corrected chi connectivity index (χ2v) is 6.04. The first-order chi connectivity index (χ1) is 12.7. The second-order valence-electron chi connectivity index (χ2n) is 6.04. The van der Waals surface area contributed by atoms with Crippen LogP contribution < -0.4 is 0 Å². The molecule has 0 saturated carbocycles. The van der Waals surface area contributed by atoms with Gasteiger partial charge in [0.1, 0.15) is 5.69 Å². The van der Waals surface area contributed by atoms with E-state index in [9.17, 15) is 9.90 Å². The van der Waals surface area contributed by atoms with E-state index in [-0.39, 0.29) is 12.8 Å². The zero-order valence-corrected chi connectivity index (χ0v) is 13.5. The number of hydrogen-bond acceptors (Lipinski definition) is 3. The second kappa shape index (κ2) is 5.83. The smallest absolute Gasteiger partial charge is 0.259 e. The van der Waals surface area contributed by atoms with Gasteiger partial charge in [-0.15, -0.1) is 0 Å². The molecule has 1 amide bonds. The first-order valence-corrected chi connectivity index (χ1v) is 8.09. The van der Waals surface area contributed by atoms with Crippen LogP contribution in [0.5, 0.6) is 0 Å². The van der Waals surface area contributed by atoms with Crippen LogP contribution in [-0.2, 0) is 5.72 Å². The summed E-state index contributed by atoms with van der Waals surface area (Å²) in [5, 5.41) is 11.8. The number of fused-ring (bicyclic) bond motifs is 1. The highest BCUT2D eigenvalue weighted by atomic mass is 16.3. The van der Waals surface area contributed by atoms with Crippen LogP contribution in [0.25, 0.3) is 0 Å². The lowest BCUT2D eigenvalue weighted by atomic mass is 9.96. The van der Waals surface area contributed by atoms with Gasteiger partial charge < -0.3 is 5.11 Å². The van der Waals surface area contributed by atoms with E-state index < -0.39 is 11.8 Å². The van der Waals surface area contributed by atoms with Crippen LogP contribution in [0.4, 0.5) is 0 Å². The number of aromatic nitrogens is 1. The fourth-order valence-corrected chi connectivity index (χ4v) is 3.38. The molecule has 4 heteroatoms. The molecule has 3 aromatic rings. The Bertz CT molecular complexity index is 933. The molecule has 0 aliphatic carbocycles. The molecule has 0 fully saturated rings. The Morgan fingerprint density at radius 1 is 1.04 bits per heavy atom. The highest BCUT2D eigenvalue weighted by molar-refractivity contribution is 6.00. The molecule has 2 atom stereocenters. The standard InChI is InChI=1S/C21H18N2O2/c1-15(16-9-4-2-5-10-16)23-20(24)18-13-8-14-22-19(18)21(23,25)17-11-6-3-7-12-17/h2-15,25H,1H3/i1D. The first kappa shape index (κ1) is 14.4. The summed E-state index contributed by atoms with van der Waals surface area (Å²) in [7, 11) is 0. The highest BCUT2D eigenvalue weighted by Gasteiger charge is 2.53. The number of carbonyl (C=O) groups excluding carboxylic acids is 1. The molecule has 25 heavy (non-hydrogen) atoms. The van der Waals surface area contributed by atoms with E-state index in [2.05, 4.69) is 4.98 Å². The molecule has 1 aliphatic heterocycles. The summed E-state index contributed by atoms with van der Waals surface area (Å²) in [5.41, 5.74) is 0.327. The van der Waals surface area contributed by atoms with Crippen LogP contribution in [0.3, 0.4) is 0 Å². The minimum atomic E-state index is -1.71. The van der Waals surface area contributed by atoms with E-state index in [1.54, 1.807) is 30.5 Å². The van der Waals surface area contributed by atoms with Crippen LogP contribution in [-0.4, -0.2) is 20.9 Å². The molecule has 1 N–H and O–H groups in total. The molecular weight excluding hydrogens is 312 g/mol. The maximum absolute atomic E-state index is 13.2. The number of benzene rings is 2. The monoisotopic (exact) mass is 331 g/mol. The summed E-state index contributed by atoms with van der Waals surface area (Å²) in [6, 6.07) is 21.1. The topological polar surface area (TPSA) is 53.4 Å². The number of carbonyl (C=O) groups is 1. The third-order valence-corrected chi connectivity index (χ3v) is 4.61. The lowest BCUT2D eigenvalue weighted by molar-refractivity contribution is -0.0702. The number of hydrogen-bond donors (Lipinski definition) is 1. The van der Waals surface area contributed by atoms with E-state index in [1.807, 2.05) is 48.5 Å². The van der Waals surface area contributed by atoms with Gasteiger partial charge in [-0.3, -0.25) is 14.7 Å². The van der Waals surface area contributed by atoms with Gasteiger partial charge in [0.05, 0.1) is 11.6 Å². The molecule has 1 aliphatic rings. The van der Waals surface area contributed by atoms with Crippen molar-refractivity contribution in [2.45, 2.75) is 18.7 Å². The number of amides is 1. The molecule has 124 valence electrons. The number of aliphatic hydroxyl groups is 1. The summed E-state index contributed by atoms with van der Waals surface area (Å²) < 4.78 is 8.07. The molecule has 0 bridgehead atoms. The quantitative estimate of drug-likeness (QED) is 0.799. The van der Waals surface area contributed by atoms with Gasteiger partial charge >= 0.3 is 0 Å². The Kier molecular flexibility index (Phi) is 3.35. The molecular formula is C21H18N2O2. The van der Waals surface area contributed by atoms with E-state index >= 15 is 0 Å². The van der Waals surface area contributed by atoms with Gasteiger partial charge in [-0.25, -0.2) is 0 Å². The van der Waals surface area contributed by atoms with Crippen molar-refractivity contribution in [3.8, 4) is 0 Å². The third kappa shape index (κ3) is 2.26. The van der Waals surface area contributed by atoms with Gasteiger partial charge in [-0.05, 0) is 24.6 Å². The van der Waals surface area contributed by atoms with Gasteiger partial charge in [0.25, 0.3) is 5.91 Å². The van der Waals surface area contributed by atoms with Crippen molar-refractivity contribution in [1.29, 1.82) is 0 Å². The van der Waals surface area contributed by atoms with Crippen molar-refractivity contribution in [3.63, 3.8) is 0 Å². The Balaban J connectivity index is 1.94.